The topological polar surface area (TPSA) is 29.5 Å². The standard InChI is InChI=1S/C23H24O2/c1-15-9-11-19(12-10-15)13-16(2)17(3)21-14-25-23(18(21)4)20-7-5-6-8-22(20)24/h5-13,23-24H,3,14H2,1-2,4H3/b16-13+. The van der Waals surface area contributed by atoms with Crippen LogP contribution in [0.3, 0.4) is 0 Å². The van der Waals surface area contributed by atoms with Gasteiger partial charge in [-0.05, 0) is 54.7 Å². The molecule has 1 aliphatic heterocycles. The molecule has 2 heteroatoms. The molecule has 2 aromatic rings. The van der Waals surface area contributed by atoms with Gasteiger partial charge in [-0.2, -0.15) is 0 Å². The smallest absolute Gasteiger partial charge is 0.121 e. The predicted octanol–water partition coefficient (Wildman–Crippen LogP) is 5.75. The maximum atomic E-state index is 10.1. The van der Waals surface area contributed by atoms with E-state index in [0.29, 0.717) is 6.61 Å². The molecule has 1 aliphatic rings. The van der Waals surface area contributed by atoms with Gasteiger partial charge in [0.05, 0.1) is 6.61 Å². The molecule has 0 aromatic heterocycles. The highest BCUT2D eigenvalue weighted by molar-refractivity contribution is 5.63. The molecule has 0 bridgehead atoms. The van der Waals surface area contributed by atoms with Crippen molar-refractivity contribution in [2.45, 2.75) is 26.9 Å². The van der Waals surface area contributed by atoms with Crippen LogP contribution >= 0.6 is 0 Å². The zero-order valence-electron chi connectivity index (χ0n) is 15.0. The minimum Gasteiger partial charge on any atom is -0.508 e. The van der Waals surface area contributed by atoms with Crippen LogP contribution in [0.25, 0.3) is 6.08 Å². The number of phenolic OH excluding ortho intramolecular Hbond substituents is 1. The summed E-state index contributed by atoms with van der Waals surface area (Å²) < 4.78 is 5.96. The quantitative estimate of drug-likeness (QED) is 0.723. The summed E-state index contributed by atoms with van der Waals surface area (Å²) in [7, 11) is 0. The molecule has 2 nitrogen and oxygen atoms in total. The van der Waals surface area contributed by atoms with Crippen molar-refractivity contribution in [3.8, 4) is 5.75 Å². The van der Waals surface area contributed by atoms with E-state index in [4.69, 9.17) is 4.74 Å². The van der Waals surface area contributed by atoms with Crippen LogP contribution in [0.15, 0.2) is 77.4 Å². The van der Waals surface area contributed by atoms with Gasteiger partial charge in [0.25, 0.3) is 0 Å². The van der Waals surface area contributed by atoms with Crippen LogP contribution in [0.5, 0.6) is 5.75 Å². The molecule has 128 valence electrons. The van der Waals surface area contributed by atoms with Crippen molar-refractivity contribution in [2.75, 3.05) is 6.61 Å². The first kappa shape index (κ1) is 17.2. The fourth-order valence-electron chi connectivity index (χ4n) is 3.16. The van der Waals surface area contributed by atoms with Crippen molar-refractivity contribution in [2.24, 2.45) is 0 Å². The molecule has 1 heterocycles. The number of allylic oxidation sites excluding steroid dienone is 1. The Balaban J connectivity index is 1.86. The number of para-hydroxylation sites is 1. The lowest BCUT2D eigenvalue weighted by atomic mass is 9.93. The van der Waals surface area contributed by atoms with E-state index in [1.807, 2.05) is 18.2 Å². The average Bonchev–Trinajstić information content (AvgIpc) is 2.98. The number of aryl methyl sites for hydroxylation is 1. The second-order valence-corrected chi connectivity index (χ2v) is 6.63. The molecule has 25 heavy (non-hydrogen) atoms. The molecule has 0 fully saturated rings. The van der Waals surface area contributed by atoms with E-state index in [2.05, 4.69) is 57.7 Å². The van der Waals surface area contributed by atoms with E-state index < -0.39 is 0 Å². The third-order valence-electron chi connectivity index (χ3n) is 4.78. The number of ether oxygens (including phenoxy) is 1. The van der Waals surface area contributed by atoms with Gasteiger partial charge in [-0.25, -0.2) is 0 Å². The highest BCUT2D eigenvalue weighted by Gasteiger charge is 2.27. The molecule has 0 radical (unpaired) electrons. The van der Waals surface area contributed by atoms with E-state index >= 15 is 0 Å². The largest absolute Gasteiger partial charge is 0.508 e. The summed E-state index contributed by atoms with van der Waals surface area (Å²) in [6.45, 7) is 11.0. The molecular formula is C23H24O2. The first-order valence-electron chi connectivity index (χ1n) is 8.51. The summed E-state index contributed by atoms with van der Waals surface area (Å²) in [5.74, 6) is 0.269. The lowest BCUT2D eigenvalue weighted by Crippen LogP contribution is -1.99. The Kier molecular flexibility index (Phi) is 4.91. The van der Waals surface area contributed by atoms with Crippen LogP contribution in [-0.4, -0.2) is 11.7 Å². The van der Waals surface area contributed by atoms with Crippen LogP contribution in [-0.2, 0) is 4.74 Å². The summed E-state index contributed by atoms with van der Waals surface area (Å²) in [6, 6.07) is 15.8. The van der Waals surface area contributed by atoms with Crippen molar-refractivity contribution >= 4 is 6.08 Å². The Morgan fingerprint density at radius 1 is 1.12 bits per heavy atom. The highest BCUT2D eigenvalue weighted by Crippen LogP contribution is 2.40. The maximum absolute atomic E-state index is 10.1. The van der Waals surface area contributed by atoms with Gasteiger partial charge in [0.15, 0.2) is 0 Å². The maximum Gasteiger partial charge on any atom is 0.121 e. The molecule has 0 aliphatic carbocycles. The van der Waals surface area contributed by atoms with E-state index in [9.17, 15) is 5.11 Å². The molecular weight excluding hydrogens is 308 g/mol. The monoisotopic (exact) mass is 332 g/mol. The van der Waals surface area contributed by atoms with Crippen LogP contribution in [0, 0.1) is 6.92 Å². The zero-order chi connectivity index (χ0) is 18.0. The van der Waals surface area contributed by atoms with Gasteiger partial charge in [0, 0.05) is 5.56 Å². The second-order valence-electron chi connectivity index (χ2n) is 6.63. The van der Waals surface area contributed by atoms with Gasteiger partial charge in [-0.1, -0.05) is 60.7 Å². The Bertz CT molecular complexity index is 854. The Hall–Kier alpha value is -2.58. The number of aromatic hydroxyl groups is 1. The van der Waals surface area contributed by atoms with Crippen molar-refractivity contribution in [3.05, 3.63) is 94.1 Å². The van der Waals surface area contributed by atoms with Gasteiger partial charge >= 0.3 is 0 Å². The third kappa shape index (κ3) is 3.59. The van der Waals surface area contributed by atoms with Gasteiger partial charge < -0.3 is 9.84 Å². The number of rotatable bonds is 4. The summed E-state index contributed by atoms with van der Waals surface area (Å²) in [5.41, 5.74) is 7.58. The lowest BCUT2D eigenvalue weighted by Gasteiger charge is -2.13. The molecule has 0 saturated heterocycles. The number of hydrogen-bond acceptors (Lipinski definition) is 2. The Morgan fingerprint density at radius 3 is 2.48 bits per heavy atom. The first-order valence-corrected chi connectivity index (χ1v) is 8.51. The predicted molar refractivity (Wildman–Crippen MR) is 103 cm³/mol. The summed E-state index contributed by atoms with van der Waals surface area (Å²) >= 11 is 0. The minimum absolute atomic E-state index is 0.208. The van der Waals surface area contributed by atoms with Gasteiger partial charge in [-0.3, -0.25) is 0 Å². The Morgan fingerprint density at radius 2 is 1.80 bits per heavy atom. The molecule has 3 rings (SSSR count). The molecule has 0 spiro atoms. The van der Waals surface area contributed by atoms with Crippen molar-refractivity contribution in [1.82, 2.24) is 0 Å². The summed E-state index contributed by atoms with van der Waals surface area (Å²) in [6.07, 6.45) is 1.94. The number of hydrogen-bond donors (Lipinski definition) is 1. The van der Waals surface area contributed by atoms with Crippen LogP contribution < -0.4 is 0 Å². The third-order valence-corrected chi connectivity index (χ3v) is 4.78. The molecule has 2 aromatic carbocycles. The van der Waals surface area contributed by atoms with Gasteiger partial charge in [-0.15, -0.1) is 0 Å². The molecule has 1 atom stereocenters. The van der Waals surface area contributed by atoms with Crippen LogP contribution in [0.4, 0.5) is 0 Å². The molecule has 1 N–H and O–H groups in total. The first-order chi connectivity index (χ1) is 12.0. The van der Waals surface area contributed by atoms with Crippen LogP contribution in [0.1, 0.15) is 36.6 Å². The van der Waals surface area contributed by atoms with E-state index in [1.54, 1.807) is 6.07 Å². The SMILES string of the molecule is C=C(C1=C(C)C(c2ccccc2O)OC1)/C(C)=C/c1ccc(C)cc1. The average molecular weight is 332 g/mol. The van der Waals surface area contributed by atoms with Crippen molar-refractivity contribution < 1.29 is 9.84 Å². The van der Waals surface area contributed by atoms with E-state index in [0.717, 1.165) is 27.9 Å². The van der Waals surface area contributed by atoms with Crippen LogP contribution in [0.2, 0.25) is 0 Å². The fraction of sp³-hybridized carbons (Fsp3) is 0.217. The number of phenols is 1. The minimum atomic E-state index is -0.208. The van der Waals surface area contributed by atoms with Gasteiger partial charge in [0.2, 0.25) is 0 Å². The van der Waals surface area contributed by atoms with Crippen molar-refractivity contribution in [3.63, 3.8) is 0 Å². The van der Waals surface area contributed by atoms with E-state index in [-0.39, 0.29) is 11.9 Å². The van der Waals surface area contributed by atoms with E-state index in [1.165, 1.54) is 11.1 Å². The second kappa shape index (κ2) is 7.12. The van der Waals surface area contributed by atoms with Crippen molar-refractivity contribution in [1.29, 1.82) is 0 Å². The molecule has 0 amide bonds. The highest BCUT2D eigenvalue weighted by atomic mass is 16.5. The normalized spacial score (nSPS) is 17.9. The zero-order valence-corrected chi connectivity index (χ0v) is 15.0. The Labute approximate surface area is 149 Å². The molecule has 0 saturated carbocycles. The lowest BCUT2D eigenvalue weighted by molar-refractivity contribution is 0.119. The molecule has 1 unspecified atom stereocenters. The fourth-order valence-corrected chi connectivity index (χ4v) is 3.16. The summed E-state index contributed by atoms with van der Waals surface area (Å²) in [4.78, 5) is 0. The number of benzene rings is 2. The summed E-state index contributed by atoms with van der Waals surface area (Å²) in [5, 5.41) is 10.1. The van der Waals surface area contributed by atoms with Gasteiger partial charge in [0.1, 0.15) is 11.9 Å².